The molecule has 0 atom stereocenters. The molecule has 104 valence electrons. The molecule has 0 bridgehead atoms. The van der Waals surface area contributed by atoms with E-state index in [9.17, 15) is 4.79 Å². The number of nitrogens with one attached hydrogen (secondary N) is 2. The monoisotopic (exact) mass is 261 g/mol. The van der Waals surface area contributed by atoms with Crippen molar-refractivity contribution in [1.29, 1.82) is 0 Å². The van der Waals surface area contributed by atoms with Gasteiger partial charge in [0, 0.05) is 30.5 Å². The zero-order valence-corrected chi connectivity index (χ0v) is 12.2. The topological polar surface area (TPSA) is 44.4 Å². The highest BCUT2D eigenvalue weighted by Gasteiger charge is 2.16. The normalized spacial score (nSPS) is 14.8. The molecule has 0 saturated carbocycles. The number of rotatable bonds is 1. The molecule has 1 aliphatic heterocycles. The average Bonchev–Trinajstić information content (AvgIpc) is 2.27. The third kappa shape index (κ3) is 3.63. The number of carbonyl (C=O) groups excluding carboxylic acids is 1. The van der Waals surface area contributed by atoms with Crippen molar-refractivity contribution >= 4 is 17.4 Å². The maximum atomic E-state index is 11.8. The smallest absolute Gasteiger partial charge is 0.319 e. The number of hydrogen-bond donors (Lipinski definition) is 2. The van der Waals surface area contributed by atoms with Crippen molar-refractivity contribution in [2.45, 2.75) is 39.2 Å². The largest absolute Gasteiger partial charge is 0.374 e. The lowest BCUT2D eigenvalue weighted by molar-refractivity contribution is 0.244. The quantitative estimate of drug-likeness (QED) is 0.816. The standard InChI is InChI=1S/C15H23N3O/c1-15(2,3)17-14(19)16-12-8-7-11-6-5-9-18(4)13(11)10-12/h7-8,10H,5-6,9H2,1-4H3,(H2,16,17,19). The van der Waals surface area contributed by atoms with Gasteiger partial charge < -0.3 is 15.5 Å². The van der Waals surface area contributed by atoms with E-state index in [1.807, 2.05) is 26.8 Å². The second-order valence-electron chi connectivity index (χ2n) is 6.20. The SMILES string of the molecule is CN1CCCc2ccc(NC(=O)NC(C)(C)C)cc21. The van der Waals surface area contributed by atoms with Gasteiger partial charge in [0.2, 0.25) is 0 Å². The van der Waals surface area contributed by atoms with E-state index >= 15 is 0 Å². The summed E-state index contributed by atoms with van der Waals surface area (Å²) in [5.74, 6) is 0. The van der Waals surface area contributed by atoms with Crippen molar-refractivity contribution in [1.82, 2.24) is 5.32 Å². The number of nitrogens with zero attached hydrogens (tertiary/aromatic N) is 1. The van der Waals surface area contributed by atoms with Crippen LogP contribution in [-0.4, -0.2) is 25.2 Å². The molecule has 0 unspecified atom stereocenters. The number of amides is 2. The zero-order chi connectivity index (χ0) is 14.0. The number of anilines is 2. The first-order valence-electron chi connectivity index (χ1n) is 6.78. The van der Waals surface area contributed by atoms with Gasteiger partial charge in [0.15, 0.2) is 0 Å². The first-order valence-corrected chi connectivity index (χ1v) is 6.78. The number of hydrogen-bond acceptors (Lipinski definition) is 2. The lowest BCUT2D eigenvalue weighted by Gasteiger charge is -2.28. The first-order chi connectivity index (χ1) is 8.85. The molecular formula is C15H23N3O. The van der Waals surface area contributed by atoms with Crippen LogP contribution in [0.15, 0.2) is 18.2 Å². The second kappa shape index (κ2) is 5.11. The van der Waals surface area contributed by atoms with Crippen LogP contribution in [-0.2, 0) is 6.42 Å². The van der Waals surface area contributed by atoms with E-state index in [0.717, 1.165) is 18.7 Å². The summed E-state index contributed by atoms with van der Waals surface area (Å²) in [7, 11) is 2.09. The lowest BCUT2D eigenvalue weighted by Crippen LogP contribution is -2.43. The van der Waals surface area contributed by atoms with E-state index in [0.29, 0.717) is 0 Å². The molecule has 4 nitrogen and oxygen atoms in total. The molecular weight excluding hydrogens is 238 g/mol. The molecule has 1 heterocycles. The highest BCUT2D eigenvalue weighted by atomic mass is 16.2. The van der Waals surface area contributed by atoms with E-state index in [1.54, 1.807) is 0 Å². The molecule has 19 heavy (non-hydrogen) atoms. The number of carbonyl (C=O) groups is 1. The summed E-state index contributed by atoms with van der Waals surface area (Å²) in [6.07, 6.45) is 2.31. The van der Waals surface area contributed by atoms with Gasteiger partial charge in [-0.25, -0.2) is 4.79 Å². The Morgan fingerprint density at radius 3 is 2.74 bits per heavy atom. The lowest BCUT2D eigenvalue weighted by atomic mass is 10.0. The average molecular weight is 261 g/mol. The van der Waals surface area contributed by atoms with Gasteiger partial charge in [0.05, 0.1) is 0 Å². The van der Waals surface area contributed by atoms with Crippen molar-refractivity contribution in [3.8, 4) is 0 Å². The van der Waals surface area contributed by atoms with Gasteiger partial charge in [-0.1, -0.05) is 6.07 Å². The molecule has 2 amide bonds. The van der Waals surface area contributed by atoms with Gasteiger partial charge in [-0.2, -0.15) is 0 Å². The maximum Gasteiger partial charge on any atom is 0.319 e. The summed E-state index contributed by atoms with van der Waals surface area (Å²) < 4.78 is 0. The number of fused-ring (bicyclic) bond motifs is 1. The van der Waals surface area contributed by atoms with Crippen LogP contribution in [0.25, 0.3) is 0 Å². The zero-order valence-electron chi connectivity index (χ0n) is 12.2. The molecule has 0 aliphatic carbocycles. The van der Waals surface area contributed by atoms with Crippen molar-refractivity contribution in [3.63, 3.8) is 0 Å². The Morgan fingerprint density at radius 2 is 2.05 bits per heavy atom. The molecule has 1 aromatic rings. The van der Waals surface area contributed by atoms with E-state index in [2.05, 4.69) is 34.7 Å². The minimum Gasteiger partial charge on any atom is -0.374 e. The third-order valence-corrected chi connectivity index (χ3v) is 3.18. The number of urea groups is 1. The van der Waals surface area contributed by atoms with E-state index in [4.69, 9.17) is 0 Å². The molecule has 0 saturated heterocycles. The Hall–Kier alpha value is -1.71. The van der Waals surface area contributed by atoms with Crippen molar-refractivity contribution < 1.29 is 4.79 Å². The van der Waals surface area contributed by atoms with Crippen LogP contribution < -0.4 is 15.5 Å². The summed E-state index contributed by atoms with van der Waals surface area (Å²) in [5.41, 5.74) is 3.19. The van der Waals surface area contributed by atoms with Crippen molar-refractivity contribution in [2.24, 2.45) is 0 Å². The molecule has 1 aliphatic rings. The van der Waals surface area contributed by atoms with Crippen LogP contribution in [0.2, 0.25) is 0 Å². The van der Waals surface area contributed by atoms with Gasteiger partial charge >= 0.3 is 6.03 Å². The van der Waals surface area contributed by atoms with Gasteiger partial charge in [-0.3, -0.25) is 0 Å². The summed E-state index contributed by atoms with van der Waals surface area (Å²) >= 11 is 0. The fourth-order valence-corrected chi connectivity index (χ4v) is 2.34. The van der Waals surface area contributed by atoms with Crippen molar-refractivity contribution in [2.75, 3.05) is 23.8 Å². The van der Waals surface area contributed by atoms with E-state index in [1.165, 1.54) is 17.7 Å². The van der Waals surface area contributed by atoms with Crippen LogP contribution in [0.4, 0.5) is 16.2 Å². The number of aryl methyl sites for hydroxylation is 1. The maximum absolute atomic E-state index is 11.8. The third-order valence-electron chi connectivity index (χ3n) is 3.18. The molecule has 2 N–H and O–H groups in total. The molecule has 0 spiro atoms. The van der Waals surface area contributed by atoms with Crippen LogP contribution in [0.1, 0.15) is 32.8 Å². The first kappa shape index (κ1) is 13.7. The molecule has 0 fully saturated rings. The summed E-state index contributed by atoms with van der Waals surface area (Å²) in [4.78, 5) is 14.1. The minimum absolute atomic E-state index is 0.161. The fraction of sp³-hybridized carbons (Fsp3) is 0.533. The Morgan fingerprint density at radius 1 is 1.32 bits per heavy atom. The minimum atomic E-state index is -0.227. The van der Waals surface area contributed by atoms with Crippen LogP contribution in [0, 0.1) is 0 Å². The predicted molar refractivity (Wildman–Crippen MR) is 79.9 cm³/mol. The Balaban J connectivity index is 2.10. The molecule has 1 aromatic carbocycles. The summed E-state index contributed by atoms with van der Waals surface area (Å²) in [6.45, 7) is 6.97. The summed E-state index contributed by atoms with van der Waals surface area (Å²) in [5, 5.41) is 5.79. The second-order valence-corrected chi connectivity index (χ2v) is 6.20. The number of benzene rings is 1. The molecule has 4 heteroatoms. The van der Waals surface area contributed by atoms with Gasteiger partial charge in [0.25, 0.3) is 0 Å². The summed E-state index contributed by atoms with van der Waals surface area (Å²) in [6, 6.07) is 5.97. The van der Waals surface area contributed by atoms with E-state index < -0.39 is 0 Å². The van der Waals surface area contributed by atoms with Gasteiger partial charge in [-0.15, -0.1) is 0 Å². The molecule has 0 radical (unpaired) electrons. The highest BCUT2D eigenvalue weighted by molar-refractivity contribution is 5.90. The van der Waals surface area contributed by atoms with Crippen LogP contribution in [0.3, 0.4) is 0 Å². The Kier molecular flexibility index (Phi) is 3.69. The Labute approximate surface area is 115 Å². The van der Waals surface area contributed by atoms with Crippen molar-refractivity contribution in [3.05, 3.63) is 23.8 Å². The van der Waals surface area contributed by atoms with Gasteiger partial charge in [-0.05, 0) is 51.3 Å². The fourth-order valence-electron chi connectivity index (χ4n) is 2.34. The van der Waals surface area contributed by atoms with E-state index in [-0.39, 0.29) is 11.6 Å². The van der Waals surface area contributed by atoms with Gasteiger partial charge in [0.1, 0.15) is 0 Å². The van der Waals surface area contributed by atoms with Crippen LogP contribution in [0.5, 0.6) is 0 Å². The molecule has 0 aromatic heterocycles. The Bertz CT molecular complexity index is 477. The van der Waals surface area contributed by atoms with Crippen LogP contribution >= 0.6 is 0 Å². The molecule has 2 rings (SSSR count). The predicted octanol–water partition coefficient (Wildman–Crippen LogP) is 2.99. The highest BCUT2D eigenvalue weighted by Crippen LogP contribution is 2.28.